The second kappa shape index (κ2) is 7.73. The van der Waals surface area contributed by atoms with Gasteiger partial charge in [0.25, 0.3) is 5.91 Å². The van der Waals surface area contributed by atoms with Crippen LogP contribution in [0.3, 0.4) is 0 Å². The van der Waals surface area contributed by atoms with Gasteiger partial charge in [-0.25, -0.2) is 0 Å². The number of rotatable bonds is 4. The fraction of sp³-hybridized carbons (Fsp3) is 0.211. The van der Waals surface area contributed by atoms with Crippen molar-refractivity contribution in [2.24, 2.45) is 0 Å². The summed E-state index contributed by atoms with van der Waals surface area (Å²) in [5, 5.41) is 4.87. The molecule has 0 saturated carbocycles. The summed E-state index contributed by atoms with van der Waals surface area (Å²) in [6.07, 6.45) is 1.82. The minimum atomic E-state index is -0.256. The Morgan fingerprint density at radius 3 is 2.58 bits per heavy atom. The zero-order valence-electron chi connectivity index (χ0n) is 14.7. The Morgan fingerprint density at radius 1 is 1.27 bits per heavy atom. The third kappa shape index (κ3) is 4.06. The molecule has 0 radical (unpaired) electrons. The Hall–Kier alpha value is -1.96. The standard InChI is InChI=1S/C19H18N2O2S3/c1-11-7-12(2)17(13(3)8-11)20-16(22)10-21-18(23)15(26-19(21)24)9-14-5-4-6-25-14/h4-9H,10H2,1-3H3,(H,20,22). The Labute approximate surface area is 166 Å². The Bertz CT molecular complexity index is 894. The summed E-state index contributed by atoms with van der Waals surface area (Å²) in [4.78, 5) is 28.0. The molecule has 1 fully saturated rings. The first-order valence-corrected chi connectivity index (χ1v) is 10.1. The summed E-state index contributed by atoms with van der Waals surface area (Å²) in [7, 11) is 0. The number of nitrogens with zero attached hydrogens (tertiary/aromatic N) is 1. The first-order chi connectivity index (χ1) is 12.3. The van der Waals surface area contributed by atoms with E-state index in [0.717, 1.165) is 27.3 Å². The van der Waals surface area contributed by atoms with Gasteiger partial charge in [0.1, 0.15) is 10.9 Å². The summed E-state index contributed by atoms with van der Waals surface area (Å²) >= 11 is 8.08. The molecule has 3 rings (SSSR count). The number of thiophene rings is 1. The fourth-order valence-corrected chi connectivity index (χ4v) is 4.82. The van der Waals surface area contributed by atoms with Crippen LogP contribution in [0.2, 0.25) is 0 Å². The zero-order valence-corrected chi connectivity index (χ0v) is 17.1. The van der Waals surface area contributed by atoms with Gasteiger partial charge in [0.2, 0.25) is 5.91 Å². The van der Waals surface area contributed by atoms with Crippen molar-refractivity contribution in [3.8, 4) is 0 Å². The minimum absolute atomic E-state index is 0.0841. The van der Waals surface area contributed by atoms with Crippen LogP contribution in [0.15, 0.2) is 34.6 Å². The average molecular weight is 403 g/mol. The van der Waals surface area contributed by atoms with Crippen molar-refractivity contribution in [3.05, 3.63) is 56.1 Å². The smallest absolute Gasteiger partial charge is 0.266 e. The average Bonchev–Trinajstić information content (AvgIpc) is 3.15. The van der Waals surface area contributed by atoms with Gasteiger partial charge in [-0.15, -0.1) is 11.3 Å². The van der Waals surface area contributed by atoms with Crippen molar-refractivity contribution < 1.29 is 9.59 Å². The number of benzene rings is 1. The number of nitrogens with one attached hydrogen (secondary N) is 1. The van der Waals surface area contributed by atoms with E-state index in [4.69, 9.17) is 12.2 Å². The maximum absolute atomic E-state index is 12.6. The quantitative estimate of drug-likeness (QED) is 0.604. The van der Waals surface area contributed by atoms with Gasteiger partial charge < -0.3 is 5.32 Å². The molecule has 2 aromatic rings. The molecule has 0 aliphatic carbocycles. The number of thiocarbonyl (C=S) groups is 1. The summed E-state index contributed by atoms with van der Waals surface area (Å²) in [6, 6.07) is 7.90. The second-order valence-electron chi connectivity index (χ2n) is 6.11. The van der Waals surface area contributed by atoms with Crippen molar-refractivity contribution in [3.63, 3.8) is 0 Å². The summed E-state index contributed by atoms with van der Waals surface area (Å²) in [5.74, 6) is -0.477. The normalized spacial score (nSPS) is 15.8. The van der Waals surface area contributed by atoms with Crippen molar-refractivity contribution in [1.82, 2.24) is 4.90 Å². The lowest BCUT2D eigenvalue weighted by Gasteiger charge is -2.16. The number of hydrogen-bond acceptors (Lipinski definition) is 5. The van der Waals surface area contributed by atoms with E-state index in [-0.39, 0.29) is 18.4 Å². The maximum Gasteiger partial charge on any atom is 0.266 e. The van der Waals surface area contributed by atoms with Crippen LogP contribution in [0.4, 0.5) is 5.69 Å². The Morgan fingerprint density at radius 2 is 1.96 bits per heavy atom. The fourth-order valence-electron chi connectivity index (χ4n) is 2.84. The highest BCUT2D eigenvalue weighted by atomic mass is 32.2. The molecular weight excluding hydrogens is 384 g/mol. The topological polar surface area (TPSA) is 49.4 Å². The highest BCUT2D eigenvalue weighted by molar-refractivity contribution is 8.26. The van der Waals surface area contributed by atoms with Gasteiger partial charge in [0.05, 0.1) is 4.91 Å². The molecule has 2 heterocycles. The van der Waals surface area contributed by atoms with Crippen LogP contribution in [0.5, 0.6) is 0 Å². The number of hydrogen-bond donors (Lipinski definition) is 1. The van der Waals surface area contributed by atoms with Crippen LogP contribution >= 0.6 is 35.3 Å². The third-order valence-corrected chi connectivity index (χ3v) is 6.13. The van der Waals surface area contributed by atoms with Crippen LogP contribution in [0.1, 0.15) is 21.6 Å². The van der Waals surface area contributed by atoms with Gasteiger partial charge in [0, 0.05) is 10.6 Å². The van der Waals surface area contributed by atoms with Gasteiger partial charge in [0.15, 0.2) is 0 Å². The number of thioether (sulfide) groups is 1. The Kier molecular flexibility index (Phi) is 5.60. The zero-order chi connectivity index (χ0) is 18.8. The van der Waals surface area contributed by atoms with Crippen molar-refractivity contribution >= 4 is 63.2 Å². The SMILES string of the molecule is Cc1cc(C)c(NC(=O)CN2C(=O)C(=Cc3cccs3)SC2=S)c(C)c1. The van der Waals surface area contributed by atoms with E-state index in [1.165, 1.54) is 16.7 Å². The molecular formula is C19H18N2O2S3. The number of carbonyl (C=O) groups excluding carboxylic acids is 2. The monoisotopic (exact) mass is 402 g/mol. The molecule has 0 spiro atoms. The molecule has 1 aromatic heterocycles. The second-order valence-corrected chi connectivity index (χ2v) is 8.76. The largest absolute Gasteiger partial charge is 0.324 e. The predicted octanol–water partition coefficient (Wildman–Crippen LogP) is 4.51. The van der Waals surface area contributed by atoms with E-state index in [2.05, 4.69) is 5.32 Å². The highest BCUT2D eigenvalue weighted by Gasteiger charge is 2.33. The van der Waals surface area contributed by atoms with Crippen LogP contribution < -0.4 is 5.32 Å². The Balaban J connectivity index is 1.72. The molecule has 134 valence electrons. The molecule has 1 aliphatic rings. The number of aryl methyl sites for hydroxylation is 3. The third-order valence-electron chi connectivity index (χ3n) is 3.93. The molecule has 1 aromatic carbocycles. The maximum atomic E-state index is 12.6. The highest BCUT2D eigenvalue weighted by Crippen LogP contribution is 2.33. The lowest BCUT2D eigenvalue weighted by molar-refractivity contribution is -0.126. The summed E-state index contributed by atoms with van der Waals surface area (Å²) in [5.41, 5.74) is 3.94. The van der Waals surface area contributed by atoms with E-state index in [1.54, 1.807) is 11.3 Å². The van der Waals surface area contributed by atoms with Crippen molar-refractivity contribution in [2.45, 2.75) is 20.8 Å². The molecule has 4 nitrogen and oxygen atoms in total. The van der Waals surface area contributed by atoms with Crippen LogP contribution in [0.25, 0.3) is 6.08 Å². The molecule has 0 atom stereocenters. The van der Waals surface area contributed by atoms with E-state index in [0.29, 0.717) is 9.23 Å². The van der Waals surface area contributed by atoms with Crippen LogP contribution in [-0.4, -0.2) is 27.6 Å². The first-order valence-electron chi connectivity index (χ1n) is 8.01. The number of carbonyl (C=O) groups is 2. The molecule has 1 N–H and O–H groups in total. The van der Waals surface area contributed by atoms with Gasteiger partial charge in [-0.05, 0) is 49.4 Å². The predicted molar refractivity (Wildman–Crippen MR) is 113 cm³/mol. The molecule has 1 saturated heterocycles. The van der Waals surface area contributed by atoms with Crippen molar-refractivity contribution in [2.75, 3.05) is 11.9 Å². The van der Waals surface area contributed by atoms with Gasteiger partial charge >= 0.3 is 0 Å². The molecule has 0 unspecified atom stereocenters. The van der Waals surface area contributed by atoms with Crippen LogP contribution in [-0.2, 0) is 9.59 Å². The van der Waals surface area contributed by atoms with E-state index < -0.39 is 0 Å². The lowest BCUT2D eigenvalue weighted by Crippen LogP contribution is -2.36. The molecule has 7 heteroatoms. The molecule has 26 heavy (non-hydrogen) atoms. The molecule has 1 aliphatic heterocycles. The first kappa shape index (κ1) is 18.8. The van der Waals surface area contributed by atoms with E-state index in [1.807, 2.05) is 56.5 Å². The molecule has 2 amide bonds. The summed E-state index contributed by atoms with van der Waals surface area (Å²) < 4.78 is 0.408. The van der Waals surface area contributed by atoms with Gasteiger partial charge in [-0.2, -0.15) is 0 Å². The van der Waals surface area contributed by atoms with Gasteiger partial charge in [-0.1, -0.05) is 47.7 Å². The molecule has 0 bridgehead atoms. The lowest BCUT2D eigenvalue weighted by atomic mass is 10.1. The number of amides is 2. The van der Waals surface area contributed by atoms with E-state index in [9.17, 15) is 9.59 Å². The number of anilines is 1. The van der Waals surface area contributed by atoms with Crippen LogP contribution in [0, 0.1) is 20.8 Å². The van der Waals surface area contributed by atoms with Gasteiger partial charge in [-0.3, -0.25) is 14.5 Å². The summed E-state index contributed by atoms with van der Waals surface area (Å²) in [6.45, 7) is 5.85. The van der Waals surface area contributed by atoms with Crippen molar-refractivity contribution in [1.29, 1.82) is 0 Å². The minimum Gasteiger partial charge on any atom is -0.324 e. The van der Waals surface area contributed by atoms with E-state index >= 15 is 0 Å².